The summed E-state index contributed by atoms with van der Waals surface area (Å²) in [7, 11) is -3.48. The van der Waals surface area contributed by atoms with Crippen molar-refractivity contribution < 1.29 is 22.7 Å². The maximum absolute atomic E-state index is 13.5. The van der Waals surface area contributed by atoms with E-state index in [1.54, 1.807) is 45.0 Å². The van der Waals surface area contributed by atoms with E-state index in [2.05, 4.69) is 5.32 Å². The van der Waals surface area contributed by atoms with Crippen LogP contribution in [0.4, 0.5) is 10.5 Å². The lowest BCUT2D eigenvalue weighted by Crippen LogP contribution is -2.54. The summed E-state index contributed by atoms with van der Waals surface area (Å²) in [6, 6.07) is 10.5. The van der Waals surface area contributed by atoms with Crippen molar-refractivity contribution in [2.75, 3.05) is 11.2 Å². The van der Waals surface area contributed by atoms with Crippen molar-refractivity contribution in [3.63, 3.8) is 0 Å². The van der Waals surface area contributed by atoms with Crippen LogP contribution >= 0.6 is 11.6 Å². The number of hydrogen-bond acceptors (Lipinski definition) is 5. The number of hydrogen-bond donors (Lipinski definition) is 1. The number of ether oxygens (including phenoxy) is 1. The van der Waals surface area contributed by atoms with Gasteiger partial charge < -0.3 is 15.0 Å². The van der Waals surface area contributed by atoms with Gasteiger partial charge in [0.1, 0.15) is 11.6 Å². The summed E-state index contributed by atoms with van der Waals surface area (Å²) >= 11 is 6.15. The van der Waals surface area contributed by atoms with Gasteiger partial charge in [-0.25, -0.2) is 13.2 Å². The molecule has 3 rings (SSSR count). The maximum Gasteiger partial charge on any atom is 0.408 e. The zero-order chi connectivity index (χ0) is 23.8. The quantitative estimate of drug-likeness (QED) is 0.707. The van der Waals surface area contributed by atoms with Gasteiger partial charge in [-0.2, -0.15) is 0 Å². The number of nitrogens with one attached hydrogen (secondary N) is 1. The number of nitrogens with zero attached hydrogens (tertiary/aromatic N) is 1. The van der Waals surface area contributed by atoms with E-state index in [1.807, 2.05) is 13.0 Å². The lowest BCUT2D eigenvalue weighted by atomic mass is 9.94. The summed E-state index contributed by atoms with van der Waals surface area (Å²) in [5.41, 5.74) is 1.30. The van der Waals surface area contributed by atoms with Crippen LogP contribution in [0.25, 0.3) is 0 Å². The molecule has 1 aliphatic rings. The second-order valence-electron chi connectivity index (χ2n) is 8.90. The van der Waals surface area contributed by atoms with Crippen molar-refractivity contribution in [3.05, 3.63) is 58.6 Å². The summed E-state index contributed by atoms with van der Waals surface area (Å²) in [5.74, 6) is -0.360. The van der Waals surface area contributed by atoms with Gasteiger partial charge >= 0.3 is 6.09 Å². The molecule has 0 fully saturated rings. The number of rotatable bonds is 4. The Labute approximate surface area is 193 Å². The van der Waals surface area contributed by atoms with Gasteiger partial charge in [-0.15, -0.1) is 0 Å². The first-order valence-corrected chi connectivity index (χ1v) is 12.4. The van der Waals surface area contributed by atoms with Crippen LogP contribution < -0.4 is 10.2 Å². The molecule has 0 saturated heterocycles. The molecule has 7 nitrogen and oxygen atoms in total. The minimum atomic E-state index is -3.48. The SMILES string of the molecule is C[C@@H](c1cccc(Cl)c1)N1C(=O)[C@H](NC(=O)OC(C)(C)C)Cc2ccc(S(C)(=O)=O)cc21. The molecule has 0 unspecified atom stereocenters. The highest BCUT2D eigenvalue weighted by Gasteiger charge is 2.38. The van der Waals surface area contributed by atoms with Gasteiger partial charge in [0, 0.05) is 23.4 Å². The number of carbonyl (C=O) groups is 2. The van der Waals surface area contributed by atoms with Crippen LogP contribution in [0.3, 0.4) is 0 Å². The Balaban J connectivity index is 2.05. The molecule has 2 atom stereocenters. The third kappa shape index (κ3) is 5.42. The zero-order valence-corrected chi connectivity index (χ0v) is 20.3. The molecule has 0 bridgehead atoms. The van der Waals surface area contributed by atoms with Crippen molar-refractivity contribution in [3.8, 4) is 0 Å². The number of anilines is 1. The fraction of sp³-hybridized carbons (Fsp3) is 0.391. The fourth-order valence-corrected chi connectivity index (χ4v) is 4.48. The van der Waals surface area contributed by atoms with Gasteiger partial charge in [-0.1, -0.05) is 29.8 Å². The lowest BCUT2D eigenvalue weighted by Gasteiger charge is -2.38. The Morgan fingerprint density at radius 2 is 1.91 bits per heavy atom. The van der Waals surface area contributed by atoms with Crippen LogP contribution in [0, 0.1) is 0 Å². The zero-order valence-electron chi connectivity index (χ0n) is 18.7. The van der Waals surface area contributed by atoms with Crippen LogP contribution in [0.1, 0.15) is 44.9 Å². The minimum absolute atomic E-state index is 0.117. The highest BCUT2D eigenvalue weighted by molar-refractivity contribution is 7.90. The Bertz CT molecular complexity index is 1160. The molecule has 1 N–H and O–H groups in total. The monoisotopic (exact) mass is 478 g/mol. The first kappa shape index (κ1) is 24.1. The van der Waals surface area contributed by atoms with Gasteiger partial charge in [0.15, 0.2) is 9.84 Å². The standard InChI is InChI=1S/C23H27ClN2O5S/c1-14(15-7-6-8-17(24)11-15)26-20-13-18(32(5,29)30)10-9-16(20)12-19(21(26)27)25-22(28)31-23(2,3)4/h6-11,13-14,19H,12H2,1-5H3,(H,25,28)/t14-,19+/m0/s1. The average Bonchev–Trinajstić information content (AvgIpc) is 2.65. The van der Waals surface area contributed by atoms with E-state index in [9.17, 15) is 18.0 Å². The van der Waals surface area contributed by atoms with Crippen LogP contribution in [0.5, 0.6) is 0 Å². The fourth-order valence-electron chi connectivity index (χ4n) is 3.64. The Morgan fingerprint density at radius 1 is 1.22 bits per heavy atom. The second-order valence-corrected chi connectivity index (χ2v) is 11.4. The van der Waals surface area contributed by atoms with Crippen LogP contribution in [0.15, 0.2) is 47.4 Å². The van der Waals surface area contributed by atoms with Crippen molar-refractivity contribution in [1.29, 1.82) is 0 Å². The van der Waals surface area contributed by atoms with E-state index in [0.29, 0.717) is 10.7 Å². The van der Waals surface area contributed by atoms with E-state index in [1.165, 1.54) is 17.0 Å². The Hall–Kier alpha value is -2.58. The average molecular weight is 479 g/mol. The largest absolute Gasteiger partial charge is 0.444 e. The number of carbonyl (C=O) groups excluding carboxylic acids is 2. The molecule has 32 heavy (non-hydrogen) atoms. The van der Waals surface area contributed by atoms with Crippen LogP contribution in [0.2, 0.25) is 5.02 Å². The molecule has 2 amide bonds. The molecule has 1 heterocycles. The molecule has 0 aliphatic carbocycles. The number of fused-ring (bicyclic) bond motifs is 1. The predicted octanol–water partition coefficient (Wildman–Crippen LogP) is 4.29. The number of halogens is 1. The number of alkyl carbamates (subject to hydrolysis) is 1. The van der Waals surface area contributed by atoms with Gasteiger partial charge in [-0.05, 0) is 63.1 Å². The molecule has 0 radical (unpaired) electrons. The van der Waals surface area contributed by atoms with Crippen LogP contribution in [-0.4, -0.2) is 38.3 Å². The van der Waals surface area contributed by atoms with Crippen LogP contribution in [-0.2, 0) is 25.8 Å². The third-order valence-corrected chi connectivity index (χ3v) is 6.46. The second kappa shape index (κ2) is 8.75. The summed E-state index contributed by atoms with van der Waals surface area (Å²) in [5, 5.41) is 3.18. The Kier molecular flexibility index (Phi) is 6.58. The van der Waals surface area contributed by atoms with E-state index in [4.69, 9.17) is 16.3 Å². The molecular formula is C23H27ClN2O5S. The smallest absolute Gasteiger partial charge is 0.408 e. The summed E-state index contributed by atoms with van der Waals surface area (Å²) in [6.07, 6.45) is 0.648. The number of sulfone groups is 1. The molecule has 2 aromatic rings. The molecule has 172 valence electrons. The lowest BCUT2D eigenvalue weighted by molar-refractivity contribution is -0.121. The van der Waals surface area contributed by atoms with Gasteiger partial charge in [-0.3, -0.25) is 4.79 Å². The highest BCUT2D eigenvalue weighted by atomic mass is 35.5. The van der Waals surface area contributed by atoms with Crippen molar-refractivity contribution in [2.45, 2.75) is 56.7 Å². The molecule has 2 aromatic carbocycles. The normalized spacial score (nSPS) is 17.5. The Morgan fingerprint density at radius 3 is 2.50 bits per heavy atom. The van der Waals surface area contributed by atoms with Gasteiger partial charge in [0.05, 0.1) is 10.9 Å². The van der Waals surface area contributed by atoms with E-state index in [0.717, 1.165) is 17.4 Å². The number of amides is 2. The minimum Gasteiger partial charge on any atom is -0.444 e. The van der Waals surface area contributed by atoms with E-state index < -0.39 is 33.6 Å². The third-order valence-electron chi connectivity index (χ3n) is 5.11. The first-order chi connectivity index (χ1) is 14.8. The van der Waals surface area contributed by atoms with Crippen molar-refractivity contribution in [1.82, 2.24) is 5.32 Å². The maximum atomic E-state index is 13.5. The first-order valence-electron chi connectivity index (χ1n) is 10.2. The molecule has 1 aliphatic heterocycles. The molecule has 0 aromatic heterocycles. The molecule has 0 spiro atoms. The number of benzene rings is 2. The molecular weight excluding hydrogens is 452 g/mol. The van der Waals surface area contributed by atoms with E-state index >= 15 is 0 Å². The summed E-state index contributed by atoms with van der Waals surface area (Å²) in [6.45, 7) is 7.05. The molecule has 0 saturated carbocycles. The molecule has 9 heteroatoms. The summed E-state index contributed by atoms with van der Waals surface area (Å²) < 4.78 is 29.6. The van der Waals surface area contributed by atoms with Gasteiger partial charge in [0.2, 0.25) is 0 Å². The van der Waals surface area contributed by atoms with Crippen molar-refractivity contribution in [2.24, 2.45) is 0 Å². The van der Waals surface area contributed by atoms with Gasteiger partial charge in [0.25, 0.3) is 5.91 Å². The van der Waals surface area contributed by atoms with E-state index in [-0.39, 0.29) is 17.2 Å². The predicted molar refractivity (Wildman–Crippen MR) is 124 cm³/mol. The summed E-state index contributed by atoms with van der Waals surface area (Å²) in [4.78, 5) is 27.5. The highest BCUT2D eigenvalue weighted by Crippen LogP contribution is 2.37. The topological polar surface area (TPSA) is 92.8 Å². The van der Waals surface area contributed by atoms with Crippen molar-refractivity contribution >= 4 is 39.1 Å².